The molecule has 49 heavy (non-hydrogen) atoms. The monoisotopic (exact) mass is 698 g/mol. The van der Waals surface area contributed by atoms with Crippen molar-refractivity contribution in [3.63, 3.8) is 0 Å². The Morgan fingerprint density at radius 2 is 1.61 bits per heavy atom. The average Bonchev–Trinajstić information content (AvgIpc) is 3.46. The van der Waals surface area contributed by atoms with Gasteiger partial charge < -0.3 is 24.1 Å². The van der Waals surface area contributed by atoms with Crippen LogP contribution in [-0.2, 0) is 41.7 Å². The van der Waals surface area contributed by atoms with Crippen molar-refractivity contribution in [2.75, 3.05) is 46.6 Å². The lowest BCUT2D eigenvalue weighted by Crippen LogP contribution is -2.52. The number of hydrogen-bond donors (Lipinski definition) is 1. The second-order valence-electron chi connectivity index (χ2n) is 15.2. The van der Waals surface area contributed by atoms with E-state index in [-0.39, 0.29) is 35.2 Å². The Morgan fingerprint density at radius 3 is 2.22 bits per heavy atom. The van der Waals surface area contributed by atoms with Crippen LogP contribution in [0.4, 0.5) is 0 Å². The largest absolute Gasteiger partial charge is 0.393 e. The Hall–Kier alpha value is -1.96. The van der Waals surface area contributed by atoms with Crippen molar-refractivity contribution in [3.8, 4) is 0 Å². The maximum atomic E-state index is 13.0. The highest BCUT2D eigenvalue weighted by atomic mass is 16.6. The van der Waals surface area contributed by atoms with Gasteiger partial charge in [0.05, 0.1) is 62.1 Å². The minimum absolute atomic E-state index is 0.00497. The first-order valence-electron chi connectivity index (χ1n) is 18.6. The van der Waals surface area contributed by atoms with Crippen LogP contribution in [0.25, 0.3) is 0 Å². The lowest BCUT2D eigenvalue weighted by Gasteiger charge is -2.39. The van der Waals surface area contributed by atoms with E-state index in [1.54, 1.807) is 4.68 Å². The summed E-state index contributed by atoms with van der Waals surface area (Å²) in [5.74, 6) is 0.214. The van der Waals surface area contributed by atoms with E-state index in [2.05, 4.69) is 17.2 Å². The highest BCUT2D eigenvalue weighted by Gasteiger charge is 2.37. The summed E-state index contributed by atoms with van der Waals surface area (Å²) in [5.41, 5.74) is -0.697. The van der Waals surface area contributed by atoms with Crippen molar-refractivity contribution in [2.45, 2.75) is 157 Å². The highest BCUT2D eigenvalue weighted by Crippen LogP contribution is 2.29. The first-order chi connectivity index (χ1) is 22.9. The zero-order valence-electron chi connectivity index (χ0n) is 33.0. The molecule has 0 aliphatic heterocycles. The second kappa shape index (κ2) is 22.1. The Balaban J connectivity index is 0.00000589. The van der Waals surface area contributed by atoms with Crippen LogP contribution in [0.1, 0.15) is 127 Å². The van der Waals surface area contributed by atoms with Crippen molar-refractivity contribution in [1.29, 1.82) is 0 Å². The number of ketones is 1. The number of aliphatic hydroxyl groups excluding tert-OH is 1. The zero-order chi connectivity index (χ0) is 37.3. The van der Waals surface area contributed by atoms with Crippen molar-refractivity contribution in [2.24, 2.45) is 11.8 Å². The maximum Gasteiger partial charge on any atom is 0.240 e. The topological polar surface area (TPSA) is 128 Å². The van der Waals surface area contributed by atoms with Gasteiger partial charge in [-0.05, 0) is 67.2 Å². The third kappa shape index (κ3) is 18.2. The third-order valence-corrected chi connectivity index (χ3v) is 8.56. The van der Waals surface area contributed by atoms with Gasteiger partial charge in [0.25, 0.3) is 0 Å². The standard InChI is InChI=1S/C35H65N5O7.C2H6/c1-11-12-13-15-40(32(43)28-21-30(41)22-28)38(10)16-19-45-33(4,5)14-18-44-25-29-24-39(37-36-29)17-20-46-35(8,9)26-47-34(6,7)23-31(42)27(2)3;1-2/h24,27-28,30,41H,11-23,25-26H2,1-10H3;1-2H3. The molecule has 1 heterocycles. The van der Waals surface area contributed by atoms with Gasteiger partial charge in [-0.25, -0.2) is 9.69 Å². The van der Waals surface area contributed by atoms with Crippen LogP contribution in [0.5, 0.6) is 0 Å². The van der Waals surface area contributed by atoms with Crippen LogP contribution in [-0.4, -0.2) is 111 Å². The number of hydrazine groups is 1. The molecule has 1 N–H and O–H groups in total. The average molecular weight is 698 g/mol. The molecule has 0 atom stereocenters. The fraction of sp³-hybridized carbons (Fsp3) is 0.892. The molecule has 1 aromatic heterocycles. The Kier molecular flexibility index (Phi) is 20.3. The summed E-state index contributed by atoms with van der Waals surface area (Å²) in [6.07, 6.45) is 6.85. The molecule has 1 aliphatic rings. The van der Waals surface area contributed by atoms with Gasteiger partial charge in [0.15, 0.2) is 0 Å². The van der Waals surface area contributed by atoms with E-state index in [1.807, 2.05) is 92.5 Å². The molecular weight excluding hydrogens is 626 g/mol. The molecule has 286 valence electrons. The predicted octanol–water partition coefficient (Wildman–Crippen LogP) is 5.85. The third-order valence-electron chi connectivity index (χ3n) is 8.56. The van der Waals surface area contributed by atoms with Crippen molar-refractivity contribution >= 4 is 11.7 Å². The summed E-state index contributed by atoms with van der Waals surface area (Å²) < 4.78 is 25.9. The first-order valence-corrected chi connectivity index (χ1v) is 18.6. The summed E-state index contributed by atoms with van der Waals surface area (Å²) in [7, 11) is 1.94. The lowest BCUT2D eigenvalue weighted by atomic mass is 9.81. The second-order valence-corrected chi connectivity index (χ2v) is 15.2. The molecule has 1 aromatic rings. The maximum absolute atomic E-state index is 13.0. The molecule has 1 aliphatic carbocycles. The molecule has 0 spiro atoms. The number of rotatable bonds is 25. The quantitative estimate of drug-likeness (QED) is 0.0982. The number of amides is 1. The Morgan fingerprint density at radius 1 is 0.959 bits per heavy atom. The number of nitrogens with zero attached hydrogens (tertiary/aromatic N) is 5. The summed E-state index contributed by atoms with van der Waals surface area (Å²) in [6.45, 7) is 25.9. The van der Waals surface area contributed by atoms with Crippen LogP contribution in [0.15, 0.2) is 6.20 Å². The molecule has 0 aromatic carbocycles. The summed E-state index contributed by atoms with van der Waals surface area (Å²) in [6, 6.07) is 0. The summed E-state index contributed by atoms with van der Waals surface area (Å²) in [4.78, 5) is 25.2. The molecule has 1 amide bonds. The molecule has 1 saturated carbocycles. The number of carbonyl (C=O) groups excluding carboxylic acids is 2. The smallest absolute Gasteiger partial charge is 0.240 e. The number of aliphatic hydroxyl groups is 1. The highest BCUT2D eigenvalue weighted by molar-refractivity contribution is 5.81. The number of aromatic nitrogens is 3. The van der Waals surface area contributed by atoms with E-state index in [4.69, 9.17) is 18.9 Å². The number of unbranched alkanes of at least 4 members (excludes halogenated alkanes) is 2. The predicted molar refractivity (Wildman–Crippen MR) is 193 cm³/mol. The molecular formula is C37H71N5O7. The van der Waals surface area contributed by atoms with E-state index >= 15 is 0 Å². The van der Waals surface area contributed by atoms with Gasteiger partial charge >= 0.3 is 0 Å². The van der Waals surface area contributed by atoms with Crippen LogP contribution < -0.4 is 0 Å². The van der Waals surface area contributed by atoms with E-state index < -0.39 is 11.2 Å². The molecule has 12 heteroatoms. The van der Waals surface area contributed by atoms with Gasteiger partial charge in [-0.3, -0.25) is 14.6 Å². The fourth-order valence-corrected chi connectivity index (χ4v) is 5.12. The van der Waals surface area contributed by atoms with Crippen LogP contribution in [0, 0.1) is 11.8 Å². The summed E-state index contributed by atoms with van der Waals surface area (Å²) >= 11 is 0. The molecule has 0 saturated heterocycles. The van der Waals surface area contributed by atoms with E-state index in [0.29, 0.717) is 78.4 Å². The van der Waals surface area contributed by atoms with Gasteiger partial charge in [-0.1, -0.05) is 52.7 Å². The Labute approximate surface area is 297 Å². The SMILES string of the molecule is CC.CCCCCN(C(=O)C1CC(O)C1)N(C)CCOC(C)(C)CCOCc1cn(CCOC(C)(C)COC(C)(C)CC(=O)C(C)C)nn1. The Bertz CT molecular complexity index is 1070. The number of likely N-dealkylation sites (N-methyl/N-ethyl adjacent to an activating group) is 1. The zero-order valence-corrected chi connectivity index (χ0v) is 33.0. The van der Waals surface area contributed by atoms with Crippen molar-refractivity contribution in [3.05, 3.63) is 11.9 Å². The molecule has 2 rings (SSSR count). The van der Waals surface area contributed by atoms with Gasteiger partial charge in [-0.15, -0.1) is 5.10 Å². The molecule has 12 nitrogen and oxygen atoms in total. The number of ether oxygens (including phenoxy) is 4. The van der Waals surface area contributed by atoms with Gasteiger partial charge in [0.2, 0.25) is 5.91 Å². The minimum atomic E-state index is -0.542. The number of hydrogen-bond acceptors (Lipinski definition) is 10. The van der Waals surface area contributed by atoms with Crippen molar-refractivity contribution < 1.29 is 33.6 Å². The van der Waals surface area contributed by atoms with Gasteiger partial charge in [0.1, 0.15) is 11.5 Å². The number of Topliss-reactive ketones (excluding diaryl/α,β-unsaturated/α-hetero) is 1. The van der Waals surface area contributed by atoms with E-state index in [9.17, 15) is 14.7 Å². The summed E-state index contributed by atoms with van der Waals surface area (Å²) in [5, 5.41) is 21.9. The van der Waals surface area contributed by atoms with Crippen LogP contribution >= 0.6 is 0 Å². The van der Waals surface area contributed by atoms with Crippen molar-refractivity contribution in [1.82, 2.24) is 25.0 Å². The van der Waals surface area contributed by atoms with Gasteiger partial charge in [0, 0.05) is 45.0 Å². The van der Waals surface area contributed by atoms with E-state index in [1.165, 1.54) is 0 Å². The normalized spacial score (nSPS) is 16.8. The minimum Gasteiger partial charge on any atom is -0.393 e. The molecule has 0 bridgehead atoms. The molecule has 0 radical (unpaired) electrons. The van der Waals surface area contributed by atoms with E-state index in [0.717, 1.165) is 25.0 Å². The lowest BCUT2D eigenvalue weighted by molar-refractivity contribution is -0.160. The first kappa shape index (κ1) is 45.1. The van der Waals surface area contributed by atoms with Crippen LogP contribution in [0.3, 0.4) is 0 Å². The van der Waals surface area contributed by atoms with Crippen LogP contribution in [0.2, 0.25) is 0 Å². The number of carbonyl (C=O) groups is 2. The molecule has 1 fully saturated rings. The van der Waals surface area contributed by atoms with Gasteiger partial charge in [-0.2, -0.15) is 0 Å². The fourth-order valence-electron chi connectivity index (χ4n) is 5.12. The molecule has 0 unspecified atom stereocenters.